The maximum atomic E-state index is 13.7. The lowest BCUT2D eigenvalue weighted by Gasteiger charge is -2.32. The predicted octanol–water partition coefficient (Wildman–Crippen LogP) is 0.0543. The highest BCUT2D eigenvalue weighted by Crippen LogP contribution is 2.45. The fourth-order valence-electron chi connectivity index (χ4n) is 4.26. The van der Waals surface area contributed by atoms with Crippen LogP contribution in [0.3, 0.4) is 0 Å². The molecule has 17 heteroatoms. The SMILES string of the molecule is COC1=NC(N)=NC2C1N=CN2[C@@H]1O[C@H](COP(=O)(NCc2ccccc2)OCCSC(=O)C(C)(C)CO)C(O)[C@H]1O. The molecular weight excluding hydrogens is 591 g/mol. The second kappa shape index (κ2) is 13.9. The van der Waals surface area contributed by atoms with Crippen molar-refractivity contribution in [3.63, 3.8) is 0 Å². The van der Waals surface area contributed by atoms with Crippen molar-refractivity contribution in [1.29, 1.82) is 0 Å². The second-order valence-corrected chi connectivity index (χ2v) is 13.3. The van der Waals surface area contributed by atoms with E-state index in [1.54, 1.807) is 13.8 Å². The molecule has 1 fully saturated rings. The topological polar surface area (TPSA) is 210 Å². The van der Waals surface area contributed by atoms with Gasteiger partial charge in [0.05, 0.1) is 38.7 Å². The van der Waals surface area contributed by atoms with Gasteiger partial charge >= 0.3 is 7.75 Å². The number of carbonyl (C=O) groups is 1. The number of thioether (sulfide) groups is 1. The summed E-state index contributed by atoms with van der Waals surface area (Å²) in [6.07, 6.45) is -4.24. The number of rotatable bonds is 13. The largest absolute Gasteiger partial charge is 0.482 e. The molecule has 0 saturated carbocycles. The van der Waals surface area contributed by atoms with Crippen LogP contribution in [-0.2, 0) is 34.4 Å². The van der Waals surface area contributed by atoms with E-state index in [1.165, 1.54) is 18.3 Å². The van der Waals surface area contributed by atoms with Crippen LogP contribution in [0.4, 0.5) is 0 Å². The van der Waals surface area contributed by atoms with Crippen LogP contribution in [0.25, 0.3) is 0 Å². The van der Waals surface area contributed by atoms with E-state index >= 15 is 0 Å². The summed E-state index contributed by atoms with van der Waals surface area (Å²) in [6, 6.07) is 8.57. The molecule has 4 rings (SSSR count). The molecule has 3 heterocycles. The summed E-state index contributed by atoms with van der Waals surface area (Å²) in [5.74, 6) is 0.389. The van der Waals surface area contributed by atoms with Crippen molar-refractivity contribution in [3.8, 4) is 0 Å². The molecule has 7 atom stereocenters. The lowest BCUT2D eigenvalue weighted by molar-refractivity contribution is -0.119. The zero-order valence-corrected chi connectivity index (χ0v) is 25.2. The Morgan fingerprint density at radius 1 is 1.24 bits per heavy atom. The fraction of sp³-hybridized carbons (Fsp3) is 0.600. The van der Waals surface area contributed by atoms with Gasteiger partial charge in [-0.2, -0.15) is 4.99 Å². The smallest absolute Gasteiger partial charge is 0.405 e. The standard InChI is InChI=1S/C25H37N6O9PS/c1-25(2,13-32)23(35)42-10-9-38-41(36,28-11-15-7-5-4-6-8-15)39-12-16-18(33)19(34)22(40-16)31-14-27-17-20(31)29-24(26)30-21(17)37-3/h4-8,14,16-20,22,32-34H,9-13H2,1-3H3,(H2,26,29)(H,28,36)/t16-,17?,18?,19-,20?,22-,41?/m1/s1. The van der Waals surface area contributed by atoms with Gasteiger partial charge < -0.3 is 35.4 Å². The van der Waals surface area contributed by atoms with Gasteiger partial charge in [0.25, 0.3) is 0 Å². The highest BCUT2D eigenvalue weighted by atomic mass is 32.2. The van der Waals surface area contributed by atoms with Crippen LogP contribution in [-0.4, -0.2) is 113 Å². The van der Waals surface area contributed by atoms with Gasteiger partial charge in [0, 0.05) is 12.3 Å². The average Bonchev–Trinajstić information content (AvgIpc) is 3.53. The van der Waals surface area contributed by atoms with Crippen molar-refractivity contribution < 1.29 is 43.2 Å². The van der Waals surface area contributed by atoms with Crippen molar-refractivity contribution in [3.05, 3.63) is 35.9 Å². The van der Waals surface area contributed by atoms with Gasteiger partial charge in [0.1, 0.15) is 18.3 Å². The molecule has 0 aromatic heterocycles. The Morgan fingerprint density at radius 3 is 2.67 bits per heavy atom. The summed E-state index contributed by atoms with van der Waals surface area (Å²) in [6.45, 7) is 2.60. The number of methoxy groups -OCH3 is 1. The second-order valence-electron chi connectivity index (χ2n) is 10.4. The molecule has 0 amide bonds. The number of aliphatic hydroxyl groups is 3. The van der Waals surface area contributed by atoms with Gasteiger partial charge in [-0.3, -0.25) is 18.8 Å². The van der Waals surface area contributed by atoms with Crippen LogP contribution in [0.1, 0.15) is 19.4 Å². The quantitative estimate of drug-likeness (QED) is 0.145. The normalized spacial score (nSPS) is 28.7. The first-order valence-corrected chi connectivity index (χ1v) is 15.8. The number of nitrogens with one attached hydrogen (secondary N) is 1. The fourth-order valence-corrected chi connectivity index (χ4v) is 6.50. The van der Waals surface area contributed by atoms with Crippen molar-refractivity contribution >= 4 is 42.8 Å². The third-order valence-electron chi connectivity index (χ3n) is 6.78. The average molecular weight is 629 g/mol. The highest BCUT2D eigenvalue weighted by Gasteiger charge is 2.51. The van der Waals surface area contributed by atoms with Crippen molar-refractivity contribution in [2.75, 3.05) is 32.7 Å². The van der Waals surface area contributed by atoms with Crippen molar-refractivity contribution in [1.82, 2.24) is 9.99 Å². The van der Waals surface area contributed by atoms with E-state index < -0.39 is 56.5 Å². The van der Waals surface area contributed by atoms with E-state index in [0.717, 1.165) is 17.3 Å². The maximum Gasteiger partial charge on any atom is 0.405 e. The van der Waals surface area contributed by atoms with Crippen molar-refractivity contribution in [2.45, 2.75) is 57.1 Å². The van der Waals surface area contributed by atoms with Crippen LogP contribution in [0, 0.1) is 5.41 Å². The Kier molecular flexibility index (Phi) is 10.8. The zero-order valence-electron chi connectivity index (χ0n) is 23.5. The monoisotopic (exact) mass is 628 g/mol. The van der Waals surface area contributed by atoms with Gasteiger partial charge in [0.15, 0.2) is 23.6 Å². The third-order valence-corrected chi connectivity index (χ3v) is 9.53. The first-order valence-electron chi connectivity index (χ1n) is 13.2. The molecule has 1 saturated heterocycles. The van der Waals surface area contributed by atoms with E-state index in [2.05, 4.69) is 20.1 Å². The van der Waals surface area contributed by atoms with E-state index in [9.17, 15) is 24.7 Å². The zero-order chi connectivity index (χ0) is 30.5. The predicted molar refractivity (Wildman–Crippen MR) is 156 cm³/mol. The molecule has 232 valence electrons. The molecule has 0 bridgehead atoms. The van der Waals surface area contributed by atoms with Gasteiger partial charge in [-0.1, -0.05) is 42.1 Å². The molecular formula is C25H37N6O9PS. The first kappa shape index (κ1) is 32.5. The first-order chi connectivity index (χ1) is 20.0. The van der Waals surface area contributed by atoms with E-state index in [-0.39, 0.29) is 42.5 Å². The van der Waals surface area contributed by atoms with Crippen LogP contribution in [0.5, 0.6) is 0 Å². The molecule has 4 unspecified atom stereocenters. The Bertz CT molecular complexity index is 1240. The van der Waals surface area contributed by atoms with Gasteiger partial charge in [-0.25, -0.2) is 14.6 Å². The van der Waals surface area contributed by atoms with E-state index in [1.807, 2.05) is 30.3 Å². The Morgan fingerprint density at radius 2 is 1.98 bits per heavy atom. The Labute approximate surface area is 247 Å². The number of carbonyl (C=O) groups excluding carboxylic acids is 1. The number of fused-ring (bicyclic) bond motifs is 1. The van der Waals surface area contributed by atoms with E-state index in [0.29, 0.717) is 0 Å². The molecule has 3 aliphatic rings. The summed E-state index contributed by atoms with van der Waals surface area (Å²) in [7, 11) is -2.55. The lowest BCUT2D eigenvalue weighted by atomic mass is 9.97. The number of hydrogen-bond acceptors (Lipinski definition) is 15. The Balaban J connectivity index is 1.38. The van der Waals surface area contributed by atoms with Crippen LogP contribution in [0.2, 0.25) is 0 Å². The van der Waals surface area contributed by atoms with Gasteiger partial charge in [-0.15, -0.1) is 0 Å². The minimum absolute atomic E-state index is 0.0288. The Hall–Kier alpha value is -2.40. The van der Waals surface area contributed by atoms with Crippen LogP contribution >= 0.6 is 19.5 Å². The molecule has 42 heavy (non-hydrogen) atoms. The summed E-state index contributed by atoms with van der Waals surface area (Å²) in [5, 5.41) is 33.5. The lowest BCUT2D eigenvalue weighted by Crippen LogP contribution is -2.51. The minimum Gasteiger partial charge on any atom is -0.482 e. The molecule has 0 radical (unpaired) electrons. The minimum atomic E-state index is -3.99. The number of ether oxygens (including phenoxy) is 2. The molecule has 0 spiro atoms. The number of hydrogen-bond donors (Lipinski definition) is 5. The number of aliphatic imine (C=N–C) groups is 3. The number of aliphatic hydroxyl groups excluding tert-OH is 3. The molecule has 1 aromatic carbocycles. The molecule has 0 aliphatic carbocycles. The molecule has 3 aliphatic heterocycles. The van der Waals surface area contributed by atoms with Gasteiger partial charge in [0.2, 0.25) is 11.9 Å². The number of nitrogens with zero attached hydrogens (tertiary/aromatic N) is 4. The van der Waals surface area contributed by atoms with Gasteiger partial charge in [-0.05, 0) is 19.4 Å². The molecule has 15 nitrogen and oxygen atoms in total. The highest BCUT2D eigenvalue weighted by molar-refractivity contribution is 8.13. The van der Waals surface area contributed by atoms with Crippen LogP contribution in [0.15, 0.2) is 45.3 Å². The summed E-state index contributed by atoms with van der Waals surface area (Å²) in [5.41, 5.74) is 5.71. The van der Waals surface area contributed by atoms with E-state index in [4.69, 9.17) is 24.3 Å². The maximum absolute atomic E-state index is 13.7. The summed E-state index contributed by atoms with van der Waals surface area (Å²) < 4.78 is 36.1. The third kappa shape index (κ3) is 7.56. The number of benzene rings is 1. The van der Waals surface area contributed by atoms with Crippen molar-refractivity contribution in [2.24, 2.45) is 26.1 Å². The number of guanidine groups is 1. The summed E-state index contributed by atoms with van der Waals surface area (Å²) >= 11 is 0.952. The van der Waals surface area contributed by atoms with Crippen LogP contribution < -0.4 is 10.8 Å². The molecule has 1 aromatic rings. The summed E-state index contributed by atoms with van der Waals surface area (Å²) in [4.78, 5) is 26.4. The molecule has 6 N–H and O–H groups in total. The number of nitrogens with two attached hydrogens (primary N) is 1.